The van der Waals surface area contributed by atoms with Crippen LogP contribution in [0.3, 0.4) is 0 Å². The van der Waals surface area contributed by atoms with Gasteiger partial charge >= 0.3 is 6.18 Å². The van der Waals surface area contributed by atoms with E-state index in [9.17, 15) is 23.1 Å². The zero-order valence-electron chi connectivity index (χ0n) is 16.0. The average molecular weight is 403 g/mol. The standard InChI is InChI=1S/C23H24F3NO2/c24-23(25,26)19-9-5-4-8-17(19)12-21(29)27-18-10-11-20(27)22(14-18,15-28)13-16-6-2-1-3-7-16/h1-9,18,20,28H,10-15H2/t18-,20+,22-/m1/s1. The van der Waals surface area contributed by atoms with E-state index >= 15 is 0 Å². The third-order valence-corrected chi connectivity index (χ3v) is 6.52. The highest BCUT2D eigenvalue weighted by Crippen LogP contribution is 2.51. The maximum Gasteiger partial charge on any atom is 0.416 e. The minimum atomic E-state index is -4.48. The summed E-state index contributed by atoms with van der Waals surface area (Å²) in [5.41, 5.74) is -0.0702. The van der Waals surface area contributed by atoms with Crippen LogP contribution in [-0.2, 0) is 23.8 Å². The first-order valence-corrected chi connectivity index (χ1v) is 9.95. The summed E-state index contributed by atoms with van der Waals surface area (Å²) >= 11 is 0. The molecule has 2 aromatic carbocycles. The summed E-state index contributed by atoms with van der Waals surface area (Å²) < 4.78 is 39.9. The third-order valence-electron chi connectivity index (χ3n) is 6.52. The molecule has 0 aromatic heterocycles. The number of rotatable bonds is 5. The van der Waals surface area contributed by atoms with Crippen LogP contribution in [0.4, 0.5) is 13.2 Å². The zero-order valence-corrected chi connectivity index (χ0v) is 16.0. The predicted molar refractivity (Wildman–Crippen MR) is 103 cm³/mol. The first-order chi connectivity index (χ1) is 13.8. The van der Waals surface area contributed by atoms with Gasteiger partial charge in [-0.2, -0.15) is 13.2 Å². The lowest BCUT2D eigenvalue weighted by atomic mass is 9.70. The van der Waals surface area contributed by atoms with Gasteiger partial charge in [-0.05, 0) is 42.9 Å². The summed E-state index contributed by atoms with van der Waals surface area (Å²) in [6, 6.07) is 15.0. The number of carbonyl (C=O) groups excluding carboxylic acids is 1. The maximum absolute atomic E-state index is 13.3. The molecule has 2 saturated heterocycles. The number of amides is 1. The Hall–Kier alpha value is -2.34. The fraction of sp³-hybridized carbons (Fsp3) is 0.435. The van der Waals surface area contributed by atoms with E-state index in [1.807, 2.05) is 30.3 Å². The molecule has 0 aliphatic carbocycles. The Bertz CT molecular complexity index is 883. The highest BCUT2D eigenvalue weighted by atomic mass is 19.4. The van der Waals surface area contributed by atoms with E-state index < -0.39 is 17.2 Å². The minimum Gasteiger partial charge on any atom is -0.396 e. The molecule has 0 spiro atoms. The van der Waals surface area contributed by atoms with E-state index in [4.69, 9.17) is 0 Å². The van der Waals surface area contributed by atoms with E-state index in [-0.39, 0.29) is 36.6 Å². The van der Waals surface area contributed by atoms with Crippen LogP contribution in [-0.4, -0.2) is 34.6 Å². The number of aliphatic hydroxyl groups is 1. The summed E-state index contributed by atoms with van der Waals surface area (Å²) in [5, 5.41) is 10.3. The molecule has 2 fully saturated rings. The van der Waals surface area contributed by atoms with E-state index in [0.29, 0.717) is 12.8 Å². The van der Waals surface area contributed by atoms with Gasteiger partial charge in [-0.3, -0.25) is 4.79 Å². The second-order valence-electron chi connectivity index (χ2n) is 8.27. The molecule has 0 radical (unpaired) electrons. The molecule has 4 rings (SSSR count). The Morgan fingerprint density at radius 2 is 1.76 bits per heavy atom. The number of alkyl halides is 3. The number of benzene rings is 2. The molecule has 29 heavy (non-hydrogen) atoms. The Balaban J connectivity index is 1.57. The van der Waals surface area contributed by atoms with Crippen molar-refractivity contribution in [3.05, 3.63) is 71.3 Å². The van der Waals surface area contributed by atoms with Crippen molar-refractivity contribution < 1.29 is 23.1 Å². The van der Waals surface area contributed by atoms with Gasteiger partial charge in [0.05, 0.1) is 18.6 Å². The number of hydrogen-bond donors (Lipinski definition) is 1. The van der Waals surface area contributed by atoms with Crippen molar-refractivity contribution in [2.45, 2.75) is 50.4 Å². The van der Waals surface area contributed by atoms with Crippen molar-refractivity contribution in [1.82, 2.24) is 4.90 Å². The summed E-state index contributed by atoms with van der Waals surface area (Å²) in [6.45, 7) is -0.0357. The predicted octanol–water partition coefficient (Wildman–Crippen LogP) is 4.23. The number of nitrogens with zero attached hydrogens (tertiary/aromatic N) is 1. The second-order valence-corrected chi connectivity index (χ2v) is 8.27. The molecule has 154 valence electrons. The molecule has 6 heteroatoms. The number of carbonyl (C=O) groups is 1. The summed E-state index contributed by atoms with van der Waals surface area (Å²) in [7, 11) is 0. The Labute approximate surface area is 168 Å². The molecule has 3 nitrogen and oxygen atoms in total. The zero-order chi connectivity index (χ0) is 20.6. The van der Waals surface area contributed by atoms with Crippen LogP contribution in [0.5, 0.6) is 0 Å². The van der Waals surface area contributed by atoms with E-state index in [1.165, 1.54) is 18.2 Å². The molecule has 2 bridgehead atoms. The van der Waals surface area contributed by atoms with Crippen molar-refractivity contribution in [1.29, 1.82) is 0 Å². The van der Waals surface area contributed by atoms with Gasteiger partial charge in [-0.15, -0.1) is 0 Å². The Morgan fingerprint density at radius 1 is 1.07 bits per heavy atom. The van der Waals surface area contributed by atoms with E-state index in [1.54, 1.807) is 4.90 Å². The van der Waals surface area contributed by atoms with Gasteiger partial charge < -0.3 is 10.0 Å². The Morgan fingerprint density at radius 3 is 2.45 bits per heavy atom. The van der Waals surface area contributed by atoms with Gasteiger partial charge in [0.1, 0.15) is 0 Å². The largest absolute Gasteiger partial charge is 0.416 e. The SMILES string of the molecule is O=C(Cc1ccccc1C(F)(F)F)N1[C@@H]2CC[C@H]1[C@](CO)(Cc1ccccc1)C2. The first-order valence-electron chi connectivity index (χ1n) is 9.95. The van der Waals surface area contributed by atoms with Crippen LogP contribution in [0, 0.1) is 5.41 Å². The van der Waals surface area contributed by atoms with Crippen LogP contribution in [0.2, 0.25) is 0 Å². The van der Waals surface area contributed by atoms with Gasteiger partial charge in [-0.1, -0.05) is 48.5 Å². The molecular formula is C23H24F3NO2. The van der Waals surface area contributed by atoms with Crippen LogP contribution in [0.25, 0.3) is 0 Å². The van der Waals surface area contributed by atoms with Gasteiger partial charge in [-0.25, -0.2) is 0 Å². The van der Waals surface area contributed by atoms with Crippen LogP contribution in [0.1, 0.15) is 36.0 Å². The van der Waals surface area contributed by atoms with Crippen LogP contribution < -0.4 is 0 Å². The number of fused-ring (bicyclic) bond motifs is 2. The lowest BCUT2D eigenvalue weighted by Crippen LogP contribution is -2.44. The quantitative estimate of drug-likeness (QED) is 0.812. The normalized spacial score (nSPS) is 26.1. The van der Waals surface area contributed by atoms with Crippen molar-refractivity contribution in [3.63, 3.8) is 0 Å². The molecule has 2 aliphatic rings. The highest BCUT2D eigenvalue weighted by Gasteiger charge is 2.56. The number of halogens is 3. The average Bonchev–Trinajstić information content (AvgIpc) is 3.24. The Kier molecular flexibility index (Phi) is 5.15. The van der Waals surface area contributed by atoms with E-state index in [0.717, 1.165) is 24.5 Å². The molecule has 2 aliphatic heterocycles. The van der Waals surface area contributed by atoms with Gasteiger partial charge in [0, 0.05) is 17.5 Å². The van der Waals surface area contributed by atoms with Crippen LogP contribution in [0.15, 0.2) is 54.6 Å². The molecule has 0 unspecified atom stereocenters. The molecule has 2 aromatic rings. The molecule has 0 saturated carbocycles. The second kappa shape index (κ2) is 7.48. The van der Waals surface area contributed by atoms with Gasteiger partial charge in [0.25, 0.3) is 0 Å². The topological polar surface area (TPSA) is 40.5 Å². The summed E-state index contributed by atoms with van der Waals surface area (Å²) in [4.78, 5) is 14.9. The summed E-state index contributed by atoms with van der Waals surface area (Å²) in [6.07, 6.45) is -1.78. The van der Waals surface area contributed by atoms with Crippen molar-refractivity contribution >= 4 is 5.91 Å². The summed E-state index contributed by atoms with van der Waals surface area (Å²) in [5.74, 6) is -0.280. The number of hydrogen-bond acceptors (Lipinski definition) is 2. The fourth-order valence-corrected chi connectivity index (χ4v) is 5.29. The monoisotopic (exact) mass is 403 g/mol. The lowest BCUT2D eigenvalue weighted by molar-refractivity contribution is -0.139. The first kappa shape index (κ1) is 20.0. The fourth-order valence-electron chi connectivity index (χ4n) is 5.29. The van der Waals surface area contributed by atoms with Crippen molar-refractivity contribution in [2.75, 3.05) is 6.61 Å². The van der Waals surface area contributed by atoms with Crippen LogP contribution >= 0.6 is 0 Å². The molecule has 1 N–H and O–H groups in total. The van der Waals surface area contributed by atoms with Gasteiger partial charge in [0.2, 0.25) is 5.91 Å². The highest BCUT2D eigenvalue weighted by molar-refractivity contribution is 5.80. The third kappa shape index (κ3) is 3.66. The van der Waals surface area contributed by atoms with Crippen molar-refractivity contribution in [2.24, 2.45) is 5.41 Å². The number of aliphatic hydroxyl groups excluding tert-OH is 1. The smallest absolute Gasteiger partial charge is 0.396 e. The molecule has 1 amide bonds. The molecular weight excluding hydrogens is 379 g/mol. The van der Waals surface area contributed by atoms with E-state index in [2.05, 4.69) is 0 Å². The lowest BCUT2D eigenvalue weighted by Gasteiger charge is -2.36. The van der Waals surface area contributed by atoms with Crippen molar-refractivity contribution in [3.8, 4) is 0 Å². The molecule has 3 atom stereocenters. The molecule has 2 heterocycles. The minimum absolute atomic E-state index is 0.00829. The van der Waals surface area contributed by atoms with Gasteiger partial charge in [0.15, 0.2) is 0 Å². The maximum atomic E-state index is 13.3.